The van der Waals surface area contributed by atoms with Crippen molar-refractivity contribution in [3.8, 4) is 90.1 Å². The molecule has 8 aromatic heterocycles. The molecule has 0 N–H and O–H groups in total. The fourth-order valence-corrected chi connectivity index (χ4v) is 15.3. The van der Waals surface area contributed by atoms with E-state index in [1.165, 1.54) is 129 Å². The van der Waals surface area contributed by atoms with Gasteiger partial charge in [0.1, 0.15) is 56.4 Å². The summed E-state index contributed by atoms with van der Waals surface area (Å²) in [4.78, 5) is 0. The first-order valence-electron chi connectivity index (χ1n) is 42.8. The van der Waals surface area contributed by atoms with E-state index in [1.54, 1.807) is 82.8 Å². The van der Waals surface area contributed by atoms with E-state index < -0.39 is 34.3 Å². The van der Waals surface area contributed by atoms with Crippen molar-refractivity contribution in [3.05, 3.63) is 281 Å². The Balaban J connectivity index is 0.000000180. The third kappa shape index (κ3) is 16.2. The molecule has 0 saturated carbocycles. The summed E-state index contributed by atoms with van der Waals surface area (Å²) >= 11 is 0. The number of benzene rings is 4. The van der Waals surface area contributed by atoms with Crippen LogP contribution in [0.4, 0.5) is 0 Å². The first-order valence-corrected chi connectivity index (χ1v) is 35.3. The summed E-state index contributed by atoms with van der Waals surface area (Å²) in [5.74, 6) is 0. The van der Waals surface area contributed by atoms with Crippen LogP contribution >= 0.6 is 0 Å². The normalized spacial score (nSPS) is 13.8. The second-order valence-electron chi connectivity index (χ2n) is 29.1. The molecule has 0 aliphatic rings. The van der Waals surface area contributed by atoms with Crippen LogP contribution in [0.5, 0.6) is 0 Å². The van der Waals surface area contributed by atoms with E-state index in [-0.39, 0.29) is 22.3 Å². The van der Waals surface area contributed by atoms with Crippen LogP contribution in [0.1, 0.15) is 149 Å². The lowest BCUT2D eigenvalue weighted by Crippen LogP contribution is -2.33. The molecule has 8 nitrogen and oxygen atoms in total. The molecule has 0 fully saturated rings. The summed E-state index contributed by atoms with van der Waals surface area (Å²) in [6, 6.07) is 33.0. The van der Waals surface area contributed by atoms with Gasteiger partial charge >= 0.3 is 0 Å². The van der Waals surface area contributed by atoms with E-state index >= 15 is 0 Å². The van der Waals surface area contributed by atoms with E-state index in [2.05, 4.69) is 204 Å². The molecule has 103 heavy (non-hydrogen) atoms. The zero-order valence-corrected chi connectivity index (χ0v) is 66.0. The topological polar surface area (TPSA) is 31.0 Å². The van der Waals surface area contributed by atoms with Crippen LogP contribution in [0.25, 0.3) is 90.1 Å². The number of hydrogen-bond donors (Lipinski definition) is 0. The number of rotatable bonds is 8. The quantitative estimate of drug-likeness (QED) is 0.136. The predicted octanol–water partition coefficient (Wildman–Crippen LogP) is 17.8. The van der Waals surface area contributed by atoms with E-state index in [1.807, 2.05) is 71.6 Å². The maximum Gasteiger partial charge on any atom is 0.213 e. The minimum Gasteiger partial charge on any atom is -0.201 e. The first kappa shape index (κ1) is 58.6. The van der Waals surface area contributed by atoms with Crippen molar-refractivity contribution in [2.45, 2.75) is 159 Å². The largest absolute Gasteiger partial charge is 0.213 e. The minimum atomic E-state index is -2.43. The Bertz CT molecular complexity index is 5860. The van der Waals surface area contributed by atoms with Crippen molar-refractivity contribution >= 4 is 0 Å². The fraction of sp³-hybridized carbons (Fsp3) is 0.326. The molecule has 0 unspecified atom stereocenters. The lowest BCUT2D eigenvalue weighted by Gasteiger charge is -2.16. The third-order valence-electron chi connectivity index (χ3n) is 20.7. The maximum absolute atomic E-state index is 8.16. The average molecular weight is 1390 g/mol. The SMILES string of the molecule is Cc1cc(-c2c(C)cc(C)c(-c3cc(C)c(C)c[n+]3C)c2C)[n+](C)cc1C.Cc1ccc(-c2c(C)cc(C)c(-c3cc(C)c(C)c[n+]3C)c2C)[n+](C)c1.[2H]C([2H])([2H])c1cc[n+](C)c(-c2c(C([2H])([2H])[2H])cc(C)c(-c3ccc(C([2H])([2H])[2H])c[n+]3C)c2C)c1.[2H]C([2H])([2H])c1ccc(-c2c(C)cc(C([2H])([2H])[2H])c(-c3ccc(C)c[n+]3C)c2C)[n+](C)c1. The van der Waals surface area contributed by atoms with Gasteiger partial charge in [0.05, 0.1) is 44.5 Å². The molecule has 4 aromatic carbocycles. The Morgan fingerprint density at radius 3 is 0.699 bits per heavy atom. The third-order valence-corrected chi connectivity index (χ3v) is 20.7. The standard InChI is InChI=1S/C25H32N2.C24H30N2.2C23H28N2/c1-15-11-22(26(8)13-19(15)5)24-17(3)10-18(4)25(21(24)7)23-12-16(2)20(6)14-27(23)9;1-15-9-10-21(25(7)13-15)23-17(3)11-18(4)24(20(23)6)22-12-16(2)19(5)14-26(22)8;1-15-8-10-20(24(6)13-15)22-17(3)12-18(4)23(19(22)5)21-11-9-16(2)14-25(21)7;1-15-10-11-24(6)21(12-15)23-18(4)13-17(3)22(19(23)5)20-9-8-16(2)14-25(20)7/h10-14H,1-9H3;9-14H,1-8H3;2*8-14H,1-7H3/q4*+2/i;;1D3,4D3;1D3,2D3,4D3. The van der Waals surface area contributed by atoms with Crippen LogP contribution in [0.15, 0.2) is 153 Å². The van der Waals surface area contributed by atoms with Gasteiger partial charge in [-0.3, -0.25) is 0 Å². The zero-order valence-electron chi connectivity index (χ0n) is 81.0. The Hall–Kier alpha value is -9.92. The van der Waals surface area contributed by atoms with Crippen LogP contribution in [0, 0.1) is 159 Å². The fourth-order valence-electron chi connectivity index (χ4n) is 15.3. The summed E-state index contributed by atoms with van der Waals surface area (Å²) < 4.78 is 135. The highest BCUT2D eigenvalue weighted by Crippen LogP contribution is 2.40. The molecule has 12 rings (SSSR count). The highest BCUT2D eigenvalue weighted by Gasteiger charge is 2.29. The number of aryl methyl sites for hydroxylation is 27. The van der Waals surface area contributed by atoms with Crippen molar-refractivity contribution in [1.29, 1.82) is 0 Å². The molecule has 0 aliphatic carbocycles. The molecule has 0 saturated heterocycles. The zero-order chi connectivity index (χ0) is 88.3. The lowest BCUT2D eigenvalue weighted by atomic mass is 9.88. The molecular formula is C95H118N8+8. The van der Waals surface area contributed by atoms with E-state index in [0.29, 0.717) is 27.9 Å². The van der Waals surface area contributed by atoms with Crippen molar-refractivity contribution in [1.82, 2.24) is 0 Å². The van der Waals surface area contributed by atoms with Gasteiger partial charge in [-0.05, 0) is 272 Å². The molecule has 8 heterocycles. The van der Waals surface area contributed by atoms with Gasteiger partial charge in [-0.1, -0.05) is 24.3 Å². The van der Waals surface area contributed by atoms with Crippen molar-refractivity contribution in [2.24, 2.45) is 56.4 Å². The summed E-state index contributed by atoms with van der Waals surface area (Å²) in [6.45, 7) is 26.7. The van der Waals surface area contributed by atoms with Crippen LogP contribution in [-0.2, 0) is 56.4 Å². The Labute approximate surface area is 640 Å². The molecule has 0 bridgehead atoms. The Kier molecular flexibility index (Phi) is 17.8. The van der Waals surface area contributed by atoms with Crippen LogP contribution in [-0.4, -0.2) is 0 Å². The smallest absolute Gasteiger partial charge is 0.201 e. The molecule has 0 spiro atoms. The summed E-state index contributed by atoms with van der Waals surface area (Å²) in [6.07, 6.45) is 15.7. The monoisotopic (exact) mass is 1390 g/mol. The van der Waals surface area contributed by atoms with Gasteiger partial charge < -0.3 is 0 Å². The van der Waals surface area contributed by atoms with Crippen molar-refractivity contribution in [3.63, 3.8) is 0 Å². The first-order chi connectivity index (χ1) is 54.5. The summed E-state index contributed by atoms with van der Waals surface area (Å²) in [7, 11) is 15.8. The van der Waals surface area contributed by atoms with Gasteiger partial charge in [-0.15, -0.1) is 0 Å². The van der Waals surface area contributed by atoms with Gasteiger partial charge in [0.2, 0.25) is 45.6 Å². The van der Waals surface area contributed by atoms with Gasteiger partial charge in [0.15, 0.2) is 49.6 Å². The van der Waals surface area contributed by atoms with E-state index in [9.17, 15) is 0 Å². The van der Waals surface area contributed by atoms with Crippen molar-refractivity contribution < 1.29 is 57.1 Å². The van der Waals surface area contributed by atoms with Crippen LogP contribution < -0.4 is 36.5 Å². The highest BCUT2D eigenvalue weighted by molar-refractivity contribution is 5.82. The molecule has 0 amide bonds. The number of hydrogen-bond acceptors (Lipinski definition) is 0. The molecule has 12 aromatic rings. The molecular weight excluding hydrogens is 1250 g/mol. The molecule has 8 heteroatoms. The molecule has 0 aliphatic heterocycles. The van der Waals surface area contributed by atoms with Crippen molar-refractivity contribution in [2.75, 3.05) is 0 Å². The van der Waals surface area contributed by atoms with Gasteiger partial charge in [0.25, 0.3) is 0 Å². The molecule has 0 radical (unpaired) electrons. The minimum absolute atomic E-state index is 0.117. The number of pyridine rings is 8. The van der Waals surface area contributed by atoms with Crippen LogP contribution in [0.2, 0.25) is 0 Å². The molecule has 530 valence electrons. The van der Waals surface area contributed by atoms with Gasteiger partial charge in [-0.25, -0.2) is 36.5 Å². The van der Waals surface area contributed by atoms with E-state index in [4.69, 9.17) is 20.6 Å². The van der Waals surface area contributed by atoms with Gasteiger partial charge in [0, 0.05) is 114 Å². The Morgan fingerprint density at radius 1 is 0.184 bits per heavy atom. The second-order valence-corrected chi connectivity index (χ2v) is 29.1. The summed E-state index contributed by atoms with van der Waals surface area (Å²) in [5, 5.41) is 0. The number of aromatic nitrogens is 8. The van der Waals surface area contributed by atoms with Gasteiger partial charge in [-0.2, -0.15) is 0 Å². The Morgan fingerprint density at radius 2 is 0.417 bits per heavy atom. The maximum atomic E-state index is 8.16. The van der Waals surface area contributed by atoms with E-state index in [0.717, 1.165) is 50.5 Å². The number of nitrogens with zero attached hydrogens (tertiary/aromatic N) is 8. The second kappa shape index (κ2) is 31.4. The highest BCUT2D eigenvalue weighted by atomic mass is 15.0. The summed E-state index contributed by atoms with van der Waals surface area (Å²) in [5.41, 5.74) is 38.6. The lowest BCUT2D eigenvalue weighted by molar-refractivity contribution is -0.661. The average Bonchev–Trinajstić information content (AvgIpc) is 0.749. The van der Waals surface area contributed by atoms with Crippen LogP contribution in [0.3, 0.4) is 0 Å². The molecule has 0 atom stereocenters. The predicted molar refractivity (Wildman–Crippen MR) is 428 cm³/mol.